The second kappa shape index (κ2) is 14.8. The highest BCUT2D eigenvalue weighted by atomic mass is 79.9. The summed E-state index contributed by atoms with van der Waals surface area (Å²) in [6, 6.07) is 0. The lowest BCUT2D eigenvalue weighted by Crippen LogP contribution is -2.05. The highest BCUT2D eigenvalue weighted by Crippen LogP contribution is 2.12. The van der Waals surface area contributed by atoms with Crippen LogP contribution in [0.15, 0.2) is 11.6 Å². The van der Waals surface area contributed by atoms with Crippen LogP contribution in [0.2, 0.25) is 0 Å². The van der Waals surface area contributed by atoms with Gasteiger partial charge in [-0.1, -0.05) is 60.5 Å². The number of rotatable bonds is 13. The highest BCUT2D eigenvalue weighted by molar-refractivity contribution is 9.09. The Hall–Kier alpha value is -0.640. The molecule has 0 saturated heterocycles. The molecule has 0 radical (unpaired) electrons. The Morgan fingerprint density at radius 2 is 1.45 bits per heavy atom. The molecule has 0 aliphatic carbocycles. The molecule has 0 saturated carbocycles. The van der Waals surface area contributed by atoms with Gasteiger partial charge in [0.15, 0.2) is 0 Å². The molecular formula is C16H27BrO3. The molecule has 0 amide bonds. The third-order valence-corrected chi connectivity index (χ3v) is 3.86. The molecule has 0 N–H and O–H groups in total. The first-order valence-electron chi connectivity index (χ1n) is 7.53. The third kappa shape index (κ3) is 11.2. The molecule has 0 spiro atoms. The average Bonchev–Trinajstić information content (AvgIpc) is 2.48. The van der Waals surface area contributed by atoms with Crippen molar-refractivity contribution in [3.63, 3.8) is 0 Å². The molecule has 0 aromatic heterocycles. The first kappa shape index (κ1) is 19.4. The molecule has 3 nitrogen and oxygen atoms in total. The first-order chi connectivity index (χ1) is 9.76. The van der Waals surface area contributed by atoms with Gasteiger partial charge in [-0.05, 0) is 19.3 Å². The first-order valence-corrected chi connectivity index (χ1v) is 8.65. The second-order valence-electron chi connectivity index (χ2n) is 4.93. The van der Waals surface area contributed by atoms with E-state index in [9.17, 15) is 9.59 Å². The van der Waals surface area contributed by atoms with E-state index in [0.717, 1.165) is 25.5 Å². The van der Waals surface area contributed by atoms with Crippen molar-refractivity contribution in [1.29, 1.82) is 0 Å². The molecule has 20 heavy (non-hydrogen) atoms. The van der Waals surface area contributed by atoms with Crippen LogP contribution in [-0.4, -0.2) is 24.7 Å². The summed E-state index contributed by atoms with van der Waals surface area (Å²) in [6.45, 7) is 0. The molecule has 0 bridgehead atoms. The summed E-state index contributed by atoms with van der Waals surface area (Å²) < 4.78 is 4.69. The number of halogens is 1. The maximum atomic E-state index is 11.3. The van der Waals surface area contributed by atoms with Crippen molar-refractivity contribution in [3.05, 3.63) is 11.6 Å². The zero-order chi connectivity index (χ0) is 15.1. The fourth-order valence-corrected chi connectivity index (χ4v) is 2.49. The SMILES string of the molecule is COC(=O)/C(=C/CCCCCCCCCCC=O)CBr. The maximum absolute atomic E-state index is 11.3. The monoisotopic (exact) mass is 346 g/mol. The topological polar surface area (TPSA) is 43.4 Å². The standard InChI is InChI=1S/C16H27BrO3/c1-20-16(19)15(14-17)12-10-8-6-4-2-3-5-7-9-11-13-18/h12-13H,2-11,14H2,1H3/b15-12+. The van der Waals surface area contributed by atoms with E-state index in [2.05, 4.69) is 15.9 Å². The van der Waals surface area contributed by atoms with E-state index in [-0.39, 0.29) is 5.97 Å². The molecule has 116 valence electrons. The Morgan fingerprint density at radius 3 is 1.90 bits per heavy atom. The number of alkyl halides is 1. The summed E-state index contributed by atoms with van der Waals surface area (Å²) in [5, 5.41) is 0.556. The summed E-state index contributed by atoms with van der Waals surface area (Å²) >= 11 is 3.30. The van der Waals surface area contributed by atoms with Crippen LogP contribution in [0.5, 0.6) is 0 Å². The van der Waals surface area contributed by atoms with Crippen LogP contribution < -0.4 is 0 Å². The van der Waals surface area contributed by atoms with Crippen molar-refractivity contribution >= 4 is 28.2 Å². The predicted molar refractivity (Wildman–Crippen MR) is 86.1 cm³/mol. The second-order valence-corrected chi connectivity index (χ2v) is 5.49. The van der Waals surface area contributed by atoms with E-state index in [0.29, 0.717) is 17.3 Å². The van der Waals surface area contributed by atoms with E-state index in [1.165, 1.54) is 45.6 Å². The lowest BCUT2D eigenvalue weighted by atomic mass is 10.1. The molecular weight excluding hydrogens is 320 g/mol. The molecule has 0 rings (SSSR count). The van der Waals surface area contributed by atoms with Gasteiger partial charge < -0.3 is 9.53 Å². The Balaban J connectivity index is 3.41. The lowest BCUT2D eigenvalue weighted by molar-refractivity contribution is -0.136. The molecule has 0 fully saturated rings. The summed E-state index contributed by atoms with van der Waals surface area (Å²) in [7, 11) is 1.41. The minimum Gasteiger partial charge on any atom is -0.466 e. The molecule has 4 heteroatoms. The van der Waals surface area contributed by atoms with Crippen molar-refractivity contribution in [2.75, 3.05) is 12.4 Å². The van der Waals surface area contributed by atoms with E-state index in [1.807, 2.05) is 6.08 Å². The van der Waals surface area contributed by atoms with Crippen LogP contribution in [0.3, 0.4) is 0 Å². The van der Waals surface area contributed by atoms with Gasteiger partial charge in [-0.3, -0.25) is 0 Å². The van der Waals surface area contributed by atoms with Gasteiger partial charge in [-0.2, -0.15) is 0 Å². The number of methoxy groups -OCH3 is 1. The number of hydrogen-bond acceptors (Lipinski definition) is 3. The summed E-state index contributed by atoms with van der Waals surface area (Å²) in [4.78, 5) is 21.4. The largest absolute Gasteiger partial charge is 0.466 e. The summed E-state index contributed by atoms with van der Waals surface area (Å²) in [5.41, 5.74) is 0.711. The maximum Gasteiger partial charge on any atom is 0.334 e. The zero-order valence-electron chi connectivity index (χ0n) is 12.5. The Kier molecular flexibility index (Phi) is 14.3. The van der Waals surface area contributed by atoms with Gasteiger partial charge in [-0.25, -0.2) is 4.79 Å². The normalized spacial score (nSPS) is 11.4. The fourth-order valence-electron chi connectivity index (χ4n) is 2.03. The smallest absolute Gasteiger partial charge is 0.334 e. The van der Waals surface area contributed by atoms with Crippen LogP contribution >= 0.6 is 15.9 Å². The summed E-state index contributed by atoms with van der Waals surface area (Å²) in [6.07, 6.45) is 14.2. The van der Waals surface area contributed by atoms with Gasteiger partial charge in [0.25, 0.3) is 0 Å². The highest BCUT2D eigenvalue weighted by Gasteiger charge is 2.06. The van der Waals surface area contributed by atoms with Crippen LogP contribution in [0.25, 0.3) is 0 Å². The van der Waals surface area contributed by atoms with Crippen molar-refractivity contribution < 1.29 is 14.3 Å². The van der Waals surface area contributed by atoms with Crippen LogP contribution in [0, 0.1) is 0 Å². The number of hydrogen-bond donors (Lipinski definition) is 0. The number of esters is 1. The summed E-state index contributed by atoms with van der Waals surface area (Å²) in [5.74, 6) is -0.239. The van der Waals surface area contributed by atoms with Gasteiger partial charge in [0, 0.05) is 17.3 Å². The molecule has 0 aliphatic heterocycles. The third-order valence-electron chi connectivity index (χ3n) is 3.26. The van der Waals surface area contributed by atoms with Gasteiger partial charge in [0.2, 0.25) is 0 Å². The van der Waals surface area contributed by atoms with E-state index in [1.54, 1.807) is 0 Å². The molecule has 0 aromatic rings. The zero-order valence-corrected chi connectivity index (χ0v) is 14.1. The Labute approximate surface area is 131 Å². The minimum atomic E-state index is -0.239. The van der Waals surface area contributed by atoms with Crippen molar-refractivity contribution in [1.82, 2.24) is 0 Å². The number of ether oxygens (including phenoxy) is 1. The van der Waals surface area contributed by atoms with Gasteiger partial charge in [0.05, 0.1) is 7.11 Å². The lowest BCUT2D eigenvalue weighted by Gasteiger charge is -2.02. The van der Waals surface area contributed by atoms with Crippen molar-refractivity contribution in [2.24, 2.45) is 0 Å². The molecule has 0 unspecified atom stereocenters. The minimum absolute atomic E-state index is 0.239. The predicted octanol–water partition coefficient (Wildman–Crippen LogP) is 4.58. The van der Waals surface area contributed by atoms with E-state index >= 15 is 0 Å². The number of carbonyl (C=O) groups is 2. The quantitative estimate of drug-likeness (QED) is 0.161. The molecule has 0 aromatic carbocycles. The Bertz CT molecular complexity index is 287. The molecule has 0 atom stereocenters. The van der Waals surface area contributed by atoms with Gasteiger partial charge in [-0.15, -0.1) is 0 Å². The van der Waals surface area contributed by atoms with E-state index in [4.69, 9.17) is 4.74 Å². The van der Waals surface area contributed by atoms with Crippen LogP contribution in [0.4, 0.5) is 0 Å². The van der Waals surface area contributed by atoms with Gasteiger partial charge >= 0.3 is 5.97 Å². The molecule has 0 heterocycles. The number of allylic oxidation sites excluding steroid dienone is 1. The number of unbranched alkanes of at least 4 members (excludes halogenated alkanes) is 9. The Morgan fingerprint density at radius 1 is 0.950 bits per heavy atom. The van der Waals surface area contributed by atoms with Crippen LogP contribution in [0.1, 0.15) is 64.2 Å². The van der Waals surface area contributed by atoms with Crippen molar-refractivity contribution in [2.45, 2.75) is 64.2 Å². The van der Waals surface area contributed by atoms with Gasteiger partial charge in [0.1, 0.15) is 6.29 Å². The fraction of sp³-hybridized carbons (Fsp3) is 0.750. The molecule has 0 aliphatic rings. The average molecular weight is 347 g/mol. The van der Waals surface area contributed by atoms with Crippen LogP contribution in [-0.2, 0) is 14.3 Å². The number of aldehydes is 1. The van der Waals surface area contributed by atoms with Crippen molar-refractivity contribution in [3.8, 4) is 0 Å². The van der Waals surface area contributed by atoms with E-state index < -0.39 is 0 Å². The number of carbonyl (C=O) groups excluding carboxylic acids is 2.